The Hall–Kier alpha value is -3.28. The molecule has 6 nitrogen and oxygen atoms in total. The molecule has 3 aromatic rings. The Labute approximate surface area is 158 Å². The van der Waals surface area contributed by atoms with E-state index in [0.717, 1.165) is 24.3 Å². The third kappa shape index (κ3) is 3.95. The average molecular weight is 361 g/mol. The van der Waals surface area contributed by atoms with Crippen molar-refractivity contribution in [3.63, 3.8) is 0 Å². The molecule has 0 aliphatic carbocycles. The van der Waals surface area contributed by atoms with Crippen molar-refractivity contribution in [1.29, 1.82) is 0 Å². The maximum Gasteiger partial charge on any atom is 0.323 e. The molecule has 1 aromatic heterocycles. The second-order valence-corrected chi connectivity index (χ2v) is 6.78. The topological polar surface area (TPSA) is 64.3 Å². The Morgan fingerprint density at radius 3 is 2.52 bits per heavy atom. The lowest BCUT2D eigenvalue weighted by Gasteiger charge is -2.35. The zero-order valence-corrected chi connectivity index (χ0v) is 15.4. The highest BCUT2D eigenvalue weighted by molar-refractivity contribution is 5.89. The van der Waals surface area contributed by atoms with Gasteiger partial charge in [-0.2, -0.15) is 5.10 Å². The van der Waals surface area contributed by atoms with Gasteiger partial charge in [0.2, 0.25) is 0 Å². The zero-order valence-electron chi connectivity index (χ0n) is 15.4. The van der Waals surface area contributed by atoms with Gasteiger partial charge in [0.05, 0.1) is 5.69 Å². The minimum absolute atomic E-state index is 0.106. The molecule has 27 heavy (non-hydrogen) atoms. The molecule has 0 unspecified atom stereocenters. The van der Waals surface area contributed by atoms with Gasteiger partial charge in [0, 0.05) is 37.9 Å². The van der Waals surface area contributed by atoms with Gasteiger partial charge in [0.15, 0.2) is 5.82 Å². The predicted octanol–water partition coefficient (Wildman–Crippen LogP) is 3.74. The summed E-state index contributed by atoms with van der Waals surface area (Å²) in [6, 6.07) is 20.2. The molecule has 1 aliphatic heterocycles. The summed E-state index contributed by atoms with van der Waals surface area (Å²) < 4.78 is 0. The second-order valence-electron chi connectivity index (χ2n) is 6.78. The normalized spacial score (nSPS) is 14.3. The van der Waals surface area contributed by atoms with Crippen molar-refractivity contribution in [3.8, 4) is 11.3 Å². The van der Waals surface area contributed by atoms with Crippen molar-refractivity contribution >= 4 is 17.5 Å². The van der Waals surface area contributed by atoms with Gasteiger partial charge in [-0.1, -0.05) is 42.0 Å². The Morgan fingerprint density at radius 2 is 1.78 bits per heavy atom. The molecule has 0 spiro atoms. The fourth-order valence-corrected chi connectivity index (χ4v) is 3.34. The molecular formula is C21H23N5O. The van der Waals surface area contributed by atoms with E-state index in [1.165, 1.54) is 11.3 Å². The average Bonchev–Trinajstić information content (AvgIpc) is 3.17. The van der Waals surface area contributed by atoms with Crippen LogP contribution in [0.2, 0.25) is 0 Å². The zero-order chi connectivity index (χ0) is 18.6. The van der Waals surface area contributed by atoms with Crippen molar-refractivity contribution in [2.24, 2.45) is 0 Å². The van der Waals surface area contributed by atoms with E-state index < -0.39 is 0 Å². The Bertz CT molecular complexity index is 913. The summed E-state index contributed by atoms with van der Waals surface area (Å²) in [5.41, 5.74) is 4.33. The quantitative estimate of drug-likeness (QED) is 0.747. The molecule has 1 fully saturated rings. The summed E-state index contributed by atoms with van der Waals surface area (Å²) in [6.45, 7) is 5.09. The van der Waals surface area contributed by atoms with Crippen molar-refractivity contribution in [2.45, 2.75) is 6.92 Å². The molecule has 0 atom stereocenters. The van der Waals surface area contributed by atoms with Crippen LogP contribution in [-0.2, 0) is 0 Å². The number of hydrogen-bond acceptors (Lipinski definition) is 3. The van der Waals surface area contributed by atoms with E-state index in [0.29, 0.717) is 18.9 Å². The van der Waals surface area contributed by atoms with Crippen LogP contribution in [0.3, 0.4) is 0 Å². The number of H-pyrrole nitrogens is 1. The minimum Gasteiger partial charge on any atom is -0.368 e. The van der Waals surface area contributed by atoms with Crippen molar-refractivity contribution < 1.29 is 4.79 Å². The van der Waals surface area contributed by atoms with E-state index in [-0.39, 0.29) is 6.03 Å². The summed E-state index contributed by atoms with van der Waals surface area (Å²) in [5.74, 6) is 0.544. The second kappa shape index (κ2) is 7.53. The number of carbonyl (C=O) groups excluding carboxylic acids is 1. The van der Waals surface area contributed by atoms with Crippen molar-refractivity contribution in [3.05, 3.63) is 66.2 Å². The van der Waals surface area contributed by atoms with Gasteiger partial charge in [0.25, 0.3) is 0 Å². The van der Waals surface area contributed by atoms with Gasteiger partial charge in [-0.25, -0.2) is 4.79 Å². The maximum atomic E-state index is 12.6. The van der Waals surface area contributed by atoms with E-state index in [1.807, 2.05) is 41.3 Å². The molecule has 0 bridgehead atoms. The molecule has 2 heterocycles. The van der Waals surface area contributed by atoms with Crippen LogP contribution in [-0.4, -0.2) is 47.3 Å². The molecule has 138 valence electrons. The van der Waals surface area contributed by atoms with Gasteiger partial charge in [-0.3, -0.25) is 10.4 Å². The lowest BCUT2D eigenvalue weighted by molar-refractivity contribution is 0.208. The summed E-state index contributed by atoms with van der Waals surface area (Å²) in [4.78, 5) is 16.7. The van der Waals surface area contributed by atoms with E-state index >= 15 is 0 Å². The number of urea groups is 1. The number of carbonyl (C=O) groups is 1. The molecule has 0 radical (unpaired) electrons. The fourth-order valence-electron chi connectivity index (χ4n) is 3.34. The largest absolute Gasteiger partial charge is 0.368 e. The number of para-hydroxylation sites is 1. The number of rotatable bonds is 3. The molecule has 0 saturated carbocycles. The molecule has 2 N–H and O–H groups in total. The summed E-state index contributed by atoms with van der Waals surface area (Å²) >= 11 is 0. The van der Waals surface area contributed by atoms with Gasteiger partial charge < -0.3 is 9.80 Å². The van der Waals surface area contributed by atoms with Gasteiger partial charge in [-0.05, 0) is 30.7 Å². The number of piperazine rings is 1. The first-order valence-corrected chi connectivity index (χ1v) is 9.17. The van der Waals surface area contributed by atoms with Crippen LogP contribution in [0.1, 0.15) is 5.56 Å². The number of nitrogens with one attached hydrogen (secondary N) is 2. The van der Waals surface area contributed by atoms with E-state index in [2.05, 4.69) is 51.6 Å². The Morgan fingerprint density at radius 1 is 1.00 bits per heavy atom. The van der Waals surface area contributed by atoms with Gasteiger partial charge >= 0.3 is 6.03 Å². The molecule has 4 rings (SSSR count). The lowest BCUT2D eigenvalue weighted by Crippen LogP contribution is -2.50. The minimum atomic E-state index is -0.106. The number of anilines is 2. The highest BCUT2D eigenvalue weighted by Crippen LogP contribution is 2.21. The fraction of sp³-hybridized carbons (Fsp3) is 0.238. The molecule has 1 saturated heterocycles. The first kappa shape index (κ1) is 17.1. The number of hydrogen-bond donors (Lipinski definition) is 2. The molecule has 1 aliphatic rings. The summed E-state index contributed by atoms with van der Waals surface area (Å²) in [5, 5.41) is 10.1. The highest BCUT2D eigenvalue weighted by atomic mass is 16.2. The monoisotopic (exact) mass is 361 g/mol. The van der Waals surface area contributed by atoms with E-state index in [4.69, 9.17) is 0 Å². The van der Waals surface area contributed by atoms with Crippen LogP contribution in [0.15, 0.2) is 60.7 Å². The van der Waals surface area contributed by atoms with E-state index in [1.54, 1.807) is 0 Å². The predicted molar refractivity (Wildman–Crippen MR) is 108 cm³/mol. The van der Waals surface area contributed by atoms with Crippen LogP contribution >= 0.6 is 0 Å². The number of aromatic amines is 1. The van der Waals surface area contributed by atoms with Gasteiger partial charge in [0.1, 0.15) is 0 Å². The smallest absolute Gasteiger partial charge is 0.323 e. The number of aryl methyl sites for hydroxylation is 1. The van der Waals surface area contributed by atoms with Crippen molar-refractivity contribution in [1.82, 2.24) is 15.1 Å². The third-order valence-corrected chi connectivity index (χ3v) is 4.83. The summed E-state index contributed by atoms with van der Waals surface area (Å²) in [6.07, 6.45) is 0. The standard InChI is InChI=1S/C21H23N5O/c1-16-6-5-7-17(14-16)19-15-20(24-23-19)22-21(27)26-12-10-25(11-13-26)18-8-3-2-4-9-18/h2-9,14-15H,10-13H2,1H3,(H2,22,23,24,27). The van der Waals surface area contributed by atoms with Crippen LogP contribution in [0, 0.1) is 6.92 Å². The van der Waals surface area contributed by atoms with E-state index in [9.17, 15) is 4.79 Å². The number of aromatic nitrogens is 2. The Kier molecular flexibility index (Phi) is 4.78. The van der Waals surface area contributed by atoms with Crippen molar-refractivity contribution in [2.75, 3.05) is 36.4 Å². The first-order chi connectivity index (χ1) is 13.2. The maximum absolute atomic E-state index is 12.6. The third-order valence-electron chi connectivity index (χ3n) is 4.83. The van der Waals surface area contributed by atoms with Gasteiger partial charge in [-0.15, -0.1) is 0 Å². The van der Waals surface area contributed by atoms with Crippen LogP contribution in [0.25, 0.3) is 11.3 Å². The number of nitrogens with zero attached hydrogens (tertiary/aromatic N) is 3. The van der Waals surface area contributed by atoms with Crippen LogP contribution in [0.4, 0.5) is 16.3 Å². The molecule has 2 aromatic carbocycles. The number of benzene rings is 2. The van der Waals surface area contributed by atoms with Crippen LogP contribution in [0.5, 0.6) is 0 Å². The molecule has 2 amide bonds. The highest BCUT2D eigenvalue weighted by Gasteiger charge is 2.21. The SMILES string of the molecule is Cc1cccc(-c2cc(NC(=O)N3CCN(c4ccccc4)CC3)n[nH]2)c1. The molecule has 6 heteroatoms. The Balaban J connectivity index is 1.35. The molecular weight excluding hydrogens is 338 g/mol. The van der Waals surface area contributed by atoms with Crippen LogP contribution < -0.4 is 10.2 Å². The number of amides is 2. The lowest BCUT2D eigenvalue weighted by atomic mass is 10.1. The summed E-state index contributed by atoms with van der Waals surface area (Å²) in [7, 11) is 0. The first-order valence-electron chi connectivity index (χ1n) is 9.17.